The van der Waals surface area contributed by atoms with E-state index in [4.69, 9.17) is 4.98 Å². The van der Waals surface area contributed by atoms with Crippen LogP contribution in [0.4, 0.5) is 0 Å². The third-order valence-electron chi connectivity index (χ3n) is 8.39. The fourth-order valence-electron chi connectivity index (χ4n) is 6.43. The van der Waals surface area contributed by atoms with Crippen LogP contribution in [0.5, 0.6) is 0 Å². The lowest BCUT2D eigenvalue weighted by Gasteiger charge is -2.09. The molecule has 3 nitrogen and oxygen atoms in total. The molecule has 9 aromatic rings. The van der Waals surface area contributed by atoms with Crippen LogP contribution in [0.25, 0.3) is 76.0 Å². The van der Waals surface area contributed by atoms with Gasteiger partial charge in [0.1, 0.15) is 0 Å². The number of para-hydroxylation sites is 2. The second kappa shape index (κ2) is 9.55. The second-order valence-corrected chi connectivity index (χ2v) is 11.9. The summed E-state index contributed by atoms with van der Waals surface area (Å²) in [5, 5.41) is 2.45. The van der Waals surface area contributed by atoms with Crippen LogP contribution in [0.2, 0.25) is 0 Å². The Bertz CT molecular complexity index is 2430. The topological polar surface area (TPSA) is 22.8 Å². The van der Waals surface area contributed by atoms with E-state index in [1.165, 1.54) is 59.3 Å². The molecule has 0 aliphatic heterocycles. The summed E-state index contributed by atoms with van der Waals surface area (Å²) >= 11 is 1.86. The Morgan fingerprint density at radius 1 is 0.442 bits per heavy atom. The van der Waals surface area contributed by atoms with Gasteiger partial charge in [-0.1, -0.05) is 84.9 Å². The highest BCUT2D eigenvalue weighted by molar-refractivity contribution is 7.23. The molecule has 4 heteroatoms. The monoisotopic (exact) mass is 567 g/mol. The number of pyridine rings is 1. The van der Waals surface area contributed by atoms with Gasteiger partial charge in [-0.2, -0.15) is 0 Å². The minimum absolute atomic E-state index is 1.03. The predicted octanol–water partition coefficient (Wildman–Crippen LogP) is 10.7. The number of fused-ring (bicyclic) bond motifs is 6. The fourth-order valence-corrected chi connectivity index (χ4v) is 7.60. The molecule has 0 spiro atoms. The van der Waals surface area contributed by atoms with Gasteiger partial charge in [0.15, 0.2) is 0 Å². The Balaban J connectivity index is 1.22. The molecular formula is C39H25N3S. The standard InChI is InChI=1S/C39H25N3S/c1-3-10-26(11-4-1)27-17-20-30(21-18-27)42-33-15-8-7-14-31(33)39-36(42)25-37(43-39)28-19-22-34-32(24-28)38-35(16-9-23-40-38)41(34)29-12-5-2-6-13-29/h1-25H. The predicted molar refractivity (Wildman–Crippen MR) is 182 cm³/mol. The largest absolute Gasteiger partial charge is 0.308 e. The van der Waals surface area contributed by atoms with E-state index in [2.05, 4.69) is 149 Å². The number of benzene rings is 5. The van der Waals surface area contributed by atoms with Crippen LogP contribution in [-0.4, -0.2) is 14.1 Å². The van der Waals surface area contributed by atoms with Gasteiger partial charge in [-0.3, -0.25) is 4.98 Å². The SMILES string of the molecule is c1ccc(-c2ccc(-n3c4ccccc4c4sc(-c5ccc6c(c5)c5ncccc5n6-c5ccccc5)cc43)cc2)cc1. The first-order chi connectivity index (χ1) is 21.3. The molecule has 0 fully saturated rings. The Labute approximate surface area is 252 Å². The summed E-state index contributed by atoms with van der Waals surface area (Å²) in [6.07, 6.45) is 1.89. The summed E-state index contributed by atoms with van der Waals surface area (Å²) in [5.41, 5.74) is 11.7. The molecule has 202 valence electrons. The number of hydrogen-bond acceptors (Lipinski definition) is 2. The van der Waals surface area contributed by atoms with Gasteiger partial charge in [0.05, 0.1) is 32.3 Å². The van der Waals surface area contributed by atoms with E-state index < -0.39 is 0 Å². The minimum Gasteiger partial charge on any atom is -0.308 e. The van der Waals surface area contributed by atoms with Crippen molar-refractivity contribution in [1.29, 1.82) is 0 Å². The number of thiophene rings is 1. The van der Waals surface area contributed by atoms with Gasteiger partial charge in [-0.15, -0.1) is 11.3 Å². The molecule has 0 atom stereocenters. The lowest BCUT2D eigenvalue weighted by molar-refractivity contribution is 1.18. The van der Waals surface area contributed by atoms with Crippen molar-refractivity contribution in [2.45, 2.75) is 0 Å². The van der Waals surface area contributed by atoms with Gasteiger partial charge in [-0.25, -0.2) is 0 Å². The molecule has 0 N–H and O–H groups in total. The van der Waals surface area contributed by atoms with Crippen LogP contribution in [0, 0.1) is 0 Å². The third kappa shape index (κ3) is 3.77. The van der Waals surface area contributed by atoms with E-state index in [9.17, 15) is 0 Å². The average molecular weight is 568 g/mol. The number of rotatable bonds is 4. The first-order valence-electron chi connectivity index (χ1n) is 14.5. The zero-order chi connectivity index (χ0) is 28.3. The Morgan fingerprint density at radius 2 is 1.07 bits per heavy atom. The summed E-state index contributed by atoms with van der Waals surface area (Å²) in [6, 6.07) is 52.1. The molecule has 0 saturated carbocycles. The smallest absolute Gasteiger partial charge is 0.0963 e. The second-order valence-electron chi connectivity index (χ2n) is 10.9. The van der Waals surface area contributed by atoms with Crippen molar-refractivity contribution in [2.24, 2.45) is 0 Å². The molecule has 5 aromatic carbocycles. The highest BCUT2D eigenvalue weighted by Gasteiger charge is 2.18. The summed E-state index contributed by atoms with van der Waals surface area (Å²) in [6.45, 7) is 0. The van der Waals surface area contributed by atoms with E-state index in [1.54, 1.807) is 0 Å². The lowest BCUT2D eigenvalue weighted by Crippen LogP contribution is -1.93. The zero-order valence-electron chi connectivity index (χ0n) is 23.2. The summed E-state index contributed by atoms with van der Waals surface area (Å²) in [4.78, 5) is 6.08. The quantitative estimate of drug-likeness (QED) is 0.207. The van der Waals surface area contributed by atoms with Crippen LogP contribution >= 0.6 is 11.3 Å². The molecule has 4 heterocycles. The van der Waals surface area contributed by atoms with Crippen molar-refractivity contribution in [3.05, 3.63) is 152 Å². The maximum atomic E-state index is 4.83. The molecule has 0 bridgehead atoms. The van der Waals surface area contributed by atoms with Crippen molar-refractivity contribution in [1.82, 2.24) is 14.1 Å². The third-order valence-corrected chi connectivity index (χ3v) is 9.60. The highest BCUT2D eigenvalue weighted by atomic mass is 32.1. The molecule has 43 heavy (non-hydrogen) atoms. The first-order valence-corrected chi connectivity index (χ1v) is 15.3. The van der Waals surface area contributed by atoms with Crippen molar-refractivity contribution in [2.75, 3.05) is 0 Å². The Morgan fingerprint density at radius 3 is 1.91 bits per heavy atom. The van der Waals surface area contributed by atoms with Crippen molar-refractivity contribution < 1.29 is 0 Å². The molecule has 9 rings (SSSR count). The van der Waals surface area contributed by atoms with Gasteiger partial charge < -0.3 is 9.13 Å². The summed E-state index contributed by atoms with van der Waals surface area (Å²) in [5.74, 6) is 0. The van der Waals surface area contributed by atoms with Gasteiger partial charge in [0.25, 0.3) is 0 Å². The van der Waals surface area contributed by atoms with Crippen molar-refractivity contribution in [3.8, 4) is 32.9 Å². The van der Waals surface area contributed by atoms with Crippen LogP contribution in [0.15, 0.2) is 152 Å². The van der Waals surface area contributed by atoms with E-state index in [0.29, 0.717) is 0 Å². The van der Waals surface area contributed by atoms with Gasteiger partial charge in [-0.05, 0) is 77.4 Å². The van der Waals surface area contributed by atoms with Gasteiger partial charge >= 0.3 is 0 Å². The molecule has 0 radical (unpaired) electrons. The maximum Gasteiger partial charge on any atom is 0.0963 e. The normalized spacial score (nSPS) is 11.7. The minimum atomic E-state index is 1.03. The van der Waals surface area contributed by atoms with E-state index in [0.717, 1.165) is 16.7 Å². The number of hydrogen-bond donors (Lipinski definition) is 0. The maximum absolute atomic E-state index is 4.83. The van der Waals surface area contributed by atoms with Gasteiger partial charge in [0.2, 0.25) is 0 Å². The zero-order valence-corrected chi connectivity index (χ0v) is 24.0. The molecule has 0 unspecified atom stereocenters. The molecule has 0 amide bonds. The molecular weight excluding hydrogens is 543 g/mol. The molecule has 0 aliphatic rings. The van der Waals surface area contributed by atoms with Crippen LogP contribution in [-0.2, 0) is 0 Å². The van der Waals surface area contributed by atoms with Crippen molar-refractivity contribution in [3.63, 3.8) is 0 Å². The summed E-state index contributed by atoms with van der Waals surface area (Å²) < 4.78 is 6.02. The van der Waals surface area contributed by atoms with E-state index in [-0.39, 0.29) is 0 Å². The average Bonchev–Trinajstić information content (AvgIpc) is 3.74. The van der Waals surface area contributed by atoms with E-state index in [1.807, 2.05) is 23.6 Å². The van der Waals surface area contributed by atoms with Gasteiger partial charge in [0, 0.05) is 33.2 Å². The van der Waals surface area contributed by atoms with Crippen LogP contribution < -0.4 is 0 Å². The number of nitrogens with zero attached hydrogens (tertiary/aromatic N) is 3. The molecule has 0 aliphatic carbocycles. The summed E-state index contributed by atoms with van der Waals surface area (Å²) in [7, 11) is 0. The highest BCUT2D eigenvalue weighted by Crippen LogP contribution is 2.43. The lowest BCUT2D eigenvalue weighted by atomic mass is 10.1. The van der Waals surface area contributed by atoms with Crippen LogP contribution in [0.1, 0.15) is 0 Å². The number of aromatic nitrogens is 3. The van der Waals surface area contributed by atoms with Crippen LogP contribution in [0.3, 0.4) is 0 Å². The van der Waals surface area contributed by atoms with E-state index >= 15 is 0 Å². The molecule has 0 saturated heterocycles. The Hall–Kier alpha value is -5.45. The molecule has 4 aromatic heterocycles. The first kappa shape index (κ1) is 24.2. The van der Waals surface area contributed by atoms with Crippen molar-refractivity contribution >= 4 is 54.4 Å². The Kier molecular flexibility index (Phi) is 5.37. The fraction of sp³-hybridized carbons (Fsp3) is 0.